The number of rotatable bonds is 3. The van der Waals surface area contributed by atoms with Gasteiger partial charge in [-0.25, -0.2) is 9.97 Å². The molecule has 1 aliphatic heterocycles. The van der Waals surface area contributed by atoms with Crippen LogP contribution < -0.4 is 10.2 Å². The van der Waals surface area contributed by atoms with Gasteiger partial charge < -0.3 is 10.2 Å². The Morgan fingerprint density at radius 1 is 0.958 bits per heavy atom. The van der Waals surface area contributed by atoms with Crippen LogP contribution in [0.5, 0.6) is 0 Å². The maximum atomic E-state index is 13.1. The van der Waals surface area contributed by atoms with Gasteiger partial charge in [-0.3, -0.25) is 0 Å². The average Bonchev–Trinajstić information content (AvgIpc) is 2.84. The van der Waals surface area contributed by atoms with Crippen LogP contribution in [0.1, 0.15) is 31.2 Å². The lowest BCUT2D eigenvalue weighted by molar-refractivity contribution is -0.136. The second kappa shape index (κ2) is 7.07. The summed E-state index contributed by atoms with van der Waals surface area (Å²) in [5, 5.41) is 2.78. The molecule has 0 spiro atoms. The van der Waals surface area contributed by atoms with Gasteiger partial charge >= 0.3 is 6.18 Å². The quantitative estimate of drug-likeness (QED) is 0.888. The number of anilines is 3. The van der Waals surface area contributed by atoms with E-state index in [0.29, 0.717) is 5.82 Å². The highest BCUT2D eigenvalue weighted by molar-refractivity contribution is 5.63. The molecule has 2 heterocycles. The fraction of sp³-hybridized carbons (Fsp3) is 0.412. The van der Waals surface area contributed by atoms with Gasteiger partial charge in [0.05, 0.1) is 11.3 Å². The second-order valence-electron chi connectivity index (χ2n) is 5.83. The molecule has 3 rings (SSSR count). The Balaban J connectivity index is 1.83. The first kappa shape index (κ1) is 16.5. The maximum Gasteiger partial charge on any atom is 0.418 e. The number of benzene rings is 1. The molecule has 2 aromatic rings. The Morgan fingerprint density at radius 3 is 2.38 bits per heavy atom. The van der Waals surface area contributed by atoms with Crippen molar-refractivity contribution in [3.8, 4) is 0 Å². The third-order valence-electron chi connectivity index (χ3n) is 4.08. The lowest BCUT2D eigenvalue weighted by Gasteiger charge is -2.21. The third kappa shape index (κ3) is 3.96. The van der Waals surface area contributed by atoms with Crippen molar-refractivity contribution in [2.45, 2.75) is 31.9 Å². The summed E-state index contributed by atoms with van der Waals surface area (Å²) in [6, 6.07) is 7.10. The zero-order valence-electron chi connectivity index (χ0n) is 13.2. The molecule has 0 unspecified atom stereocenters. The van der Waals surface area contributed by atoms with E-state index in [-0.39, 0.29) is 5.69 Å². The Bertz CT molecular complexity index is 680. The number of halogens is 3. The van der Waals surface area contributed by atoms with E-state index < -0.39 is 11.7 Å². The van der Waals surface area contributed by atoms with E-state index in [2.05, 4.69) is 20.2 Å². The highest BCUT2D eigenvalue weighted by Gasteiger charge is 2.33. The summed E-state index contributed by atoms with van der Waals surface area (Å²) < 4.78 is 39.3. The molecule has 1 fully saturated rings. The minimum atomic E-state index is -4.41. The Kier molecular flexibility index (Phi) is 4.87. The number of para-hydroxylation sites is 1. The first-order valence-corrected chi connectivity index (χ1v) is 8.04. The number of hydrogen-bond acceptors (Lipinski definition) is 4. The van der Waals surface area contributed by atoms with Crippen molar-refractivity contribution < 1.29 is 13.2 Å². The van der Waals surface area contributed by atoms with Gasteiger partial charge in [-0.15, -0.1) is 0 Å². The van der Waals surface area contributed by atoms with E-state index in [1.165, 1.54) is 31.3 Å². The maximum absolute atomic E-state index is 13.1. The van der Waals surface area contributed by atoms with E-state index in [0.717, 1.165) is 37.8 Å². The highest BCUT2D eigenvalue weighted by atomic mass is 19.4. The molecule has 24 heavy (non-hydrogen) atoms. The highest BCUT2D eigenvalue weighted by Crippen LogP contribution is 2.35. The summed E-state index contributed by atoms with van der Waals surface area (Å²) >= 11 is 0. The van der Waals surface area contributed by atoms with Crippen molar-refractivity contribution in [3.05, 3.63) is 42.2 Å². The molecule has 7 heteroatoms. The molecule has 4 nitrogen and oxygen atoms in total. The van der Waals surface area contributed by atoms with E-state index in [4.69, 9.17) is 0 Å². The van der Waals surface area contributed by atoms with Crippen LogP contribution in [-0.4, -0.2) is 23.1 Å². The van der Waals surface area contributed by atoms with Crippen molar-refractivity contribution in [1.82, 2.24) is 9.97 Å². The molecule has 0 amide bonds. The van der Waals surface area contributed by atoms with Crippen LogP contribution in [0.2, 0.25) is 0 Å². The first-order valence-electron chi connectivity index (χ1n) is 8.04. The fourth-order valence-corrected chi connectivity index (χ4v) is 2.87. The van der Waals surface area contributed by atoms with Crippen molar-refractivity contribution in [2.24, 2.45) is 0 Å². The Morgan fingerprint density at radius 2 is 1.67 bits per heavy atom. The summed E-state index contributed by atoms with van der Waals surface area (Å²) in [5.41, 5.74) is -0.717. The summed E-state index contributed by atoms with van der Waals surface area (Å²) in [4.78, 5) is 10.5. The molecule has 128 valence electrons. The molecule has 1 aliphatic rings. The zero-order chi connectivity index (χ0) is 17.0. The summed E-state index contributed by atoms with van der Waals surface area (Å²) in [6.45, 7) is 1.82. The predicted molar refractivity (Wildman–Crippen MR) is 87.4 cm³/mol. The molecule has 1 aromatic carbocycles. The number of aromatic nitrogens is 2. The Labute approximate surface area is 138 Å². The van der Waals surface area contributed by atoms with Gasteiger partial charge in [-0.05, 0) is 25.0 Å². The minimum Gasteiger partial charge on any atom is -0.356 e. The van der Waals surface area contributed by atoms with E-state index in [1.807, 2.05) is 0 Å². The number of nitrogens with one attached hydrogen (secondary N) is 1. The molecule has 0 aliphatic carbocycles. The average molecular weight is 336 g/mol. The second-order valence-corrected chi connectivity index (χ2v) is 5.83. The minimum absolute atomic E-state index is 0.00878. The monoisotopic (exact) mass is 336 g/mol. The SMILES string of the molecule is FC(F)(F)c1ccccc1Nc1cc(N2CCCCCC2)ncn1. The molecule has 1 saturated heterocycles. The summed E-state index contributed by atoms with van der Waals surface area (Å²) in [5.74, 6) is 1.11. The lowest BCUT2D eigenvalue weighted by atomic mass is 10.1. The van der Waals surface area contributed by atoms with Gasteiger partial charge in [-0.1, -0.05) is 25.0 Å². The van der Waals surface area contributed by atoms with Crippen LogP contribution in [0.15, 0.2) is 36.7 Å². The van der Waals surface area contributed by atoms with Gasteiger partial charge in [0.2, 0.25) is 0 Å². The van der Waals surface area contributed by atoms with Gasteiger partial charge in [0.15, 0.2) is 0 Å². The van der Waals surface area contributed by atoms with Gasteiger partial charge in [0.1, 0.15) is 18.0 Å². The van der Waals surface area contributed by atoms with Gasteiger partial charge in [-0.2, -0.15) is 13.2 Å². The van der Waals surface area contributed by atoms with Crippen LogP contribution in [-0.2, 0) is 6.18 Å². The summed E-state index contributed by atoms with van der Waals surface area (Å²) in [7, 11) is 0. The van der Waals surface area contributed by atoms with E-state index in [9.17, 15) is 13.2 Å². The molecule has 0 radical (unpaired) electrons. The van der Waals surface area contributed by atoms with Crippen LogP contribution >= 0.6 is 0 Å². The van der Waals surface area contributed by atoms with Crippen LogP contribution in [0.25, 0.3) is 0 Å². The molecule has 1 N–H and O–H groups in total. The topological polar surface area (TPSA) is 41.0 Å². The van der Waals surface area contributed by atoms with Crippen molar-refractivity contribution >= 4 is 17.3 Å². The normalized spacial score (nSPS) is 15.9. The number of alkyl halides is 3. The van der Waals surface area contributed by atoms with Gasteiger partial charge in [0.25, 0.3) is 0 Å². The van der Waals surface area contributed by atoms with E-state index in [1.54, 1.807) is 12.1 Å². The molecular weight excluding hydrogens is 317 g/mol. The molecule has 0 bridgehead atoms. The fourth-order valence-electron chi connectivity index (χ4n) is 2.87. The number of nitrogens with zero attached hydrogens (tertiary/aromatic N) is 3. The van der Waals surface area contributed by atoms with Crippen LogP contribution in [0.4, 0.5) is 30.5 Å². The van der Waals surface area contributed by atoms with Crippen LogP contribution in [0, 0.1) is 0 Å². The molecular formula is C17H19F3N4. The molecule has 1 aromatic heterocycles. The largest absolute Gasteiger partial charge is 0.418 e. The first-order chi connectivity index (χ1) is 11.5. The van der Waals surface area contributed by atoms with E-state index >= 15 is 0 Å². The lowest BCUT2D eigenvalue weighted by Crippen LogP contribution is -2.25. The summed E-state index contributed by atoms with van der Waals surface area (Å²) in [6.07, 6.45) is 1.58. The zero-order valence-corrected chi connectivity index (χ0v) is 13.2. The number of hydrogen-bond donors (Lipinski definition) is 1. The molecule has 0 saturated carbocycles. The third-order valence-corrected chi connectivity index (χ3v) is 4.08. The van der Waals surface area contributed by atoms with Gasteiger partial charge in [0, 0.05) is 19.2 Å². The smallest absolute Gasteiger partial charge is 0.356 e. The predicted octanol–water partition coefficient (Wildman–Crippen LogP) is 4.62. The molecule has 0 atom stereocenters. The Hall–Kier alpha value is -2.31. The van der Waals surface area contributed by atoms with Crippen LogP contribution in [0.3, 0.4) is 0 Å². The van der Waals surface area contributed by atoms with Crippen molar-refractivity contribution in [2.75, 3.05) is 23.3 Å². The van der Waals surface area contributed by atoms with Crippen molar-refractivity contribution in [1.29, 1.82) is 0 Å². The standard InChI is InChI=1S/C17H19F3N4/c18-17(19,20)13-7-3-4-8-14(13)23-15-11-16(22-12-21-15)24-9-5-1-2-6-10-24/h3-4,7-8,11-12H,1-2,5-6,9-10H2,(H,21,22,23). The van der Waals surface area contributed by atoms with Crippen molar-refractivity contribution in [3.63, 3.8) is 0 Å².